The number of piperidine rings is 1. The number of hydrogen-bond donors (Lipinski definition) is 1. The van der Waals surface area contributed by atoms with Gasteiger partial charge in [-0.2, -0.15) is 0 Å². The molecule has 1 N–H and O–H groups in total. The number of nitrogens with zero attached hydrogens (tertiary/aromatic N) is 4. The fraction of sp³-hybridized carbons (Fsp3) is 0.550. The third-order valence-electron chi connectivity index (χ3n) is 5.04. The highest BCUT2D eigenvalue weighted by Gasteiger charge is 2.21. The molecule has 134 valence electrons. The molecule has 0 amide bonds. The standard InChI is InChI=1S/C20H29N5/c1-4-11-25-12-7-18(8-13-25)23-15(2)19-14-22-20(24-16(19)3)17-5-9-21-10-6-17/h5-6,9-10,14-15,18,23H,4,7-8,11-13H2,1-3H3. The summed E-state index contributed by atoms with van der Waals surface area (Å²) in [6.45, 7) is 10.2. The molecule has 3 heterocycles. The van der Waals surface area contributed by atoms with Gasteiger partial charge in [-0.1, -0.05) is 6.92 Å². The number of nitrogens with one attached hydrogen (secondary N) is 1. The van der Waals surface area contributed by atoms with Crippen molar-refractivity contribution in [2.75, 3.05) is 19.6 Å². The summed E-state index contributed by atoms with van der Waals surface area (Å²) < 4.78 is 0. The maximum absolute atomic E-state index is 4.71. The van der Waals surface area contributed by atoms with Gasteiger partial charge in [0, 0.05) is 47.5 Å². The summed E-state index contributed by atoms with van der Waals surface area (Å²) in [5.41, 5.74) is 3.24. The highest BCUT2D eigenvalue weighted by Crippen LogP contribution is 2.21. The van der Waals surface area contributed by atoms with E-state index in [1.165, 1.54) is 44.5 Å². The molecule has 5 nitrogen and oxygen atoms in total. The zero-order valence-corrected chi connectivity index (χ0v) is 15.6. The van der Waals surface area contributed by atoms with Crippen LogP contribution in [0.4, 0.5) is 0 Å². The highest BCUT2D eigenvalue weighted by molar-refractivity contribution is 5.53. The quantitative estimate of drug-likeness (QED) is 0.874. The largest absolute Gasteiger partial charge is 0.307 e. The molecule has 5 heteroatoms. The summed E-state index contributed by atoms with van der Waals surface area (Å²) in [6.07, 6.45) is 9.21. The summed E-state index contributed by atoms with van der Waals surface area (Å²) in [4.78, 5) is 15.9. The predicted octanol–water partition coefficient (Wildman–Crippen LogP) is 3.37. The van der Waals surface area contributed by atoms with E-state index in [4.69, 9.17) is 4.98 Å². The first-order chi connectivity index (χ1) is 12.2. The van der Waals surface area contributed by atoms with Crippen LogP contribution in [0, 0.1) is 6.92 Å². The van der Waals surface area contributed by atoms with Gasteiger partial charge in [-0.3, -0.25) is 4.98 Å². The number of aromatic nitrogens is 3. The van der Waals surface area contributed by atoms with Crippen molar-refractivity contribution in [3.05, 3.63) is 42.0 Å². The summed E-state index contributed by atoms with van der Waals surface area (Å²) in [5.74, 6) is 0.767. The van der Waals surface area contributed by atoms with Gasteiger partial charge >= 0.3 is 0 Å². The molecule has 1 fully saturated rings. The first kappa shape index (κ1) is 18.0. The number of aryl methyl sites for hydroxylation is 1. The monoisotopic (exact) mass is 339 g/mol. The van der Waals surface area contributed by atoms with Crippen LogP contribution in [0.3, 0.4) is 0 Å². The fourth-order valence-electron chi connectivity index (χ4n) is 3.62. The van der Waals surface area contributed by atoms with E-state index in [2.05, 4.69) is 41.0 Å². The van der Waals surface area contributed by atoms with E-state index in [9.17, 15) is 0 Å². The molecule has 1 unspecified atom stereocenters. The van der Waals surface area contributed by atoms with Crippen molar-refractivity contribution in [3.8, 4) is 11.4 Å². The van der Waals surface area contributed by atoms with Crippen LogP contribution in [0.25, 0.3) is 11.4 Å². The topological polar surface area (TPSA) is 53.9 Å². The van der Waals surface area contributed by atoms with Gasteiger partial charge in [-0.15, -0.1) is 0 Å². The molecule has 0 spiro atoms. The molecule has 0 saturated carbocycles. The van der Waals surface area contributed by atoms with Gasteiger partial charge < -0.3 is 10.2 Å². The second-order valence-corrected chi connectivity index (χ2v) is 6.97. The lowest BCUT2D eigenvalue weighted by atomic mass is 10.0. The summed E-state index contributed by atoms with van der Waals surface area (Å²) in [7, 11) is 0. The van der Waals surface area contributed by atoms with Crippen molar-refractivity contribution >= 4 is 0 Å². The Hall–Kier alpha value is -1.85. The van der Waals surface area contributed by atoms with Gasteiger partial charge in [-0.05, 0) is 64.9 Å². The normalized spacial score (nSPS) is 17.6. The number of rotatable bonds is 6. The number of hydrogen-bond acceptors (Lipinski definition) is 5. The van der Waals surface area contributed by atoms with Gasteiger partial charge in [0.25, 0.3) is 0 Å². The second-order valence-electron chi connectivity index (χ2n) is 6.97. The van der Waals surface area contributed by atoms with Crippen molar-refractivity contribution in [2.24, 2.45) is 0 Å². The molecule has 1 aliphatic rings. The van der Waals surface area contributed by atoms with E-state index in [1.54, 1.807) is 12.4 Å². The fourth-order valence-corrected chi connectivity index (χ4v) is 3.62. The SMILES string of the molecule is CCCN1CCC(NC(C)c2cnc(-c3ccncc3)nc2C)CC1. The zero-order chi connectivity index (χ0) is 17.6. The lowest BCUT2D eigenvalue weighted by molar-refractivity contribution is 0.192. The molecule has 1 aliphatic heterocycles. The minimum atomic E-state index is 0.272. The highest BCUT2D eigenvalue weighted by atomic mass is 15.1. The Morgan fingerprint density at radius 3 is 2.60 bits per heavy atom. The predicted molar refractivity (Wildman–Crippen MR) is 101 cm³/mol. The molecule has 0 radical (unpaired) electrons. The summed E-state index contributed by atoms with van der Waals surface area (Å²) in [6, 6.07) is 4.75. The summed E-state index contributed by atoms with van der Waals surface area (Å²) in [5, 5.41) is 3.78. The maximum atomic E-state index is 4.71. The molecular weight excluding hydrogens is 310 g/mol. The first-order valence-electron chi connectivity index (χ1n) is 9.39. The van der Waals surface area contributed by atoms with E-state index in [1.807, 2.05) is 18.3 Å². The molecule has 2 aromatic heterocycles. The number of likely N-dealkylation sites (tertiary alicyclic amines) is 1. The van der Waals surface area contributed by atoms with Crippen LogP contribution >= 0.6 is 0 Å². The third kappa shape index (κ3) is 4.61. The molecule has 25 heavy (non-hydrogen) atoms. The third-order valence-corrected chi connectivity index (χ3v) is 5.04. The Morgan fingerprint density at radius 2 is 1.96 bits per heavy atom. The minimum Gasteiger partial charge on any atom is -0.307 e. The molecule has 1 saturated heterocycles. The molecule has 0 aliphatic carbocycles. The lowest BCUT2D eigenvalue weighted by Crippen LogP contribution is -2.43. The van der Waals surface area contributed by atoms with Crippen molar-refractivity contribution in [1.82, 2.24) is 25.2 Å². The molecular formula is C20H29N5. The number of pyridine rings is 1. The van der Waals surface area contributed by atoms with E-state index in [-0.39, 0.29) is 6.04 Å². The van der Waals surface area contributed by atoms with Gasteiger partial charge in [-0.25, -0.2) is 9.97 Å². The Bertz CT molecular complexity index is 665. The minimum absolute atomic E-state index is 0.272. The van der Waals surface area contributed by atoms with Gasteiger partial charge in [0.15, 0.2) is 5.82 Å². The van der Waals surface area contributed by atoms with Crippen molar-refractivity contribution < 1.29 is 0 Å². The Kier molecular flexibility index (Phi) is 6.10. The van der Waals surface area contributed by atoms with E-state index >= 15 is 0 Å². The van der Waals surface area contributed by atoms with Crippen LogP contribution in [0.15, 0.2) is 30.7 Å². The second kappa shape index (κ2) is 8.50. The lowest BCUT2D eigenvalue weighted by Gasteiger charge is -2.34. The van der Waals surface area contributed by atoms with Crippen LogP contribution in [0.2, 0.25) is 0 Å². The van der Waals surface area contributed by atoms with Crippen molar-refractivity contribution in [2.45, 2.75) is 52.1 Å². The van der Waals surface area contributed by atoms with Crippen LogP contribution in [0.1, 0.15) is 50.4 Å². The van der Waals surface area contributed by atoms with Gasteiger partial charge in [0.05, 0.1) is 0 Å². The van der Waals surface area contributed by atoms with Crippen molar-refractivity contribution in [1.29, 1.82) is 0 Å². The van der Waals surface area contributed by atoms with Crippen LogP contribution in [-0.2, 0) is 0 Å². The molecule has 3 rings (SSSR count). The van der Waals surface area contributed by atoms with Gasteiger partial charge in [0.2, 0.25) is 0 Å². The van der Waals surface area contributed by atoms with E-state index in [0.29, 0.717) is 6.04 Å². The van der Waals surface area contributed by atoms with E-state index < -0.39 is 0 Å². The smallest absolute Gasteiger partial charge is 0.159 e. The average Bonchev–Trinajstić information content (AvgIpc) is 2.64. The molecule has 0 aromatic carbocycles. The van der Waals surface area contributed by atoms with Crippen LogP contribution < -0.4 is 5.32 Å². The maximum Gasteiger partial charge on any atom is 0.159 e. The first-order valence-corrected chi connectivity index (χ1v) is 9.39. The molecule has 2 aromatic rings. The van der Waals surface area contributed by atoms with Crippen LogP contribution in [0.5, 0.6) is 0 Å². The van der Waals surface area contributed by atoms with Gasteiger partial charge in [0.1, 0.15) is 0 Å². The Labute approximate surface area is 150 Å². The van der Waals surface area contributed by atoms with E-state index in [0.717, 1.165) is 17.1 Å². The molecule has 0 bridgehead atoms. The average molecular weight is 339 g/mol. The zero-order valence-electron chi connectivity index (χ0n) is 15.6. The van der Waals surface area contributed by atoms with Crippen molar-refractivity contribution in [3.63, 3.8) is 0 Å². The summed E-state index contributed by atoms with van der Waals surface area (Å²) >= 11 is 0. The Balaban J connectivity index is 1.62. The van der Waals surface area contributed by atoms with Crippen LogP contribution in [-0.4, -0.2) is 45.5 Å². The Morgan fingerprint density at radius 1 is 1.24 bits per heavy atom. The molecule has 1 atom stereocenters.